The van der Waals surface area contributed by atoms with Crippen LogP contribution in [0.4, 0.5) is 0 Å². The van der Waals surface area contributed by atoms with Crippen molar-refractivity contribution in [2.75, 3.05) is 7.05 Å². The maximum absolute atomic E-state index is 4.61. The average Bonchev–Trinajstić information content (AvgIpc) is 3.09. The molecule has 0 unspecified atom stereocenters. The molecule has 0 amide bonds. The predicted octanol–water partition coefficient (Wildman–Crippen LogP) is 2.71. The Balaban J connectivity index is 1.49. The lowest BCUT2D eigenvalue weighted by Gasteiger charge is -2.23. The van der Waals surface area contributed by atoms with E-state index in [0.717, 1.165) is 25.2 Å². The second kappa shape index (κ2) is 6.02. The lowest BCUT2D eigenvalue weighted by Crippen LogP contribution is -2.28. The molecule has 0 bridgehead atoms. The number of nitrogens with zero attached hydrogens (tertiary/aromatic N) is 2. The average molecular weight is 259 g/mol. The zero-order valence-electron chi connectivity index (χ0n) is 11.9. The Labute approximate surface area is 116 Å². The zero-order chi connectivity index (χ0) is 13.1. The lowest BCUT2D eigenvalue weighted by molar-refractivity contribution is 0.235. The van der Waals surface area contributed by atoms with E-state index in [1.165, 1.54) is 49.8 Å². The number of nitrogens with one attached hydrogen (secondary N) is 1. The number of hydrogen-bond acceptors (Lipinski definition) is 3. The van der Waals surface area contributed by atoms with Crippen molar-refractivity contribution < 1.29 is 0 Å². The lowest BCUT2D eigenvalue weighted by atomic mass is 10.2. The first-order chi connectivity index (χ1) is 9.31. The molecular formula is C16H25N3. The molecule has 0 aliphatic heterocycles. The van der Waals surface area contributed by atoms with Gasteiger partial charge in [-0.25, -0.2) is 0 Å². The Morgan fingerprint density at radius 3 is 2.63 bits per heavy atom. The predicted molar refractivity (Wildman–Crippen MR) is 77.8 cm³/mol. The van der Waals surface area contributed by atoms with Crippen molar-refractivity contribution >= 4 is 0 Å². The molecule has 1 heterocycles. The fraction of sp³-hybridized carbons (Fsp3) is 0.688. The summed E-state index contributed by atoms with van der Waals surface area (Å²) in [6.07, 6.45) is 10.2. The van der Waals surface area contributed by atoms with Crippen molar-refractivity contribution in [3.8, 4) is 0 Å². The minimum atomic E-state index is 0.771. The summed E-state index contributed by atoms with van der Waals surface area (Å²) in [5, 5.41) is 3.53. The van der Waals surface area contributed by atoms with Crippen LogP contribution in [0.15, 0.2) is 18.3 Å². The smallest absolute Gasteiger partial charge is 0.0544 e. The van der Waals surface area contributed by atoms with Gasteiger partial charge in [0, 0.05) is 31.4 Å². The van der Waals surface area contributed by atoms with Crippen LogP contribution in [-0.4, -0.2) is 29.0 Å². The molecule has 1 aromatic rings. The molecule has 0 aromatic carbocycles. The van der Waals surface area contributed by atoms with E-state index >= 15 is 0 Å². The van der Waals surface area contributed by atoms with Crippen LogP contribution in [0, 0.1) is 0 Å². The summed E-state index contributed by atoms with van der Waals surface area (Å²) >= 11 is 0. The maximum Gasteiger partial charge on any atom is 0.0544 e. The summed E-state index contributed by atoms with van der Waals surface area (Å²) in [6.45, 7) is 1.96. The Hall–Kier alpha value is -0.930. The molecule has 3 nitrogen and oxygen atoms in total. The van der Waals surface area contributed by atoms with Gasteiger partial charge < -0.3 is 5.32 Å². The van der Waals surface area contributed by atoms with Crippen molar-refractivity contribution in [2.45, 2.75) is 63.7 Å². The van der Waals surface area contributed by atoms with Crippen molar-refractivity contribution in [2.24, 2.45) is 0 Å². The largest absolute Gasteiger partial charge is 0.310 e. The Kier molecular flexibility index (Phi) is 4.14. The van der Waals surface area contributed by atoms with Gasteiger partial charge in [0.05, 0.1) is 5.69 Å². The Morgan fingerprint density at radius 1 is 1.21 bits per heavy atom. The summed E-state index contributed by atoms with van der Waals surface area (Å²) in [4.78, 5) is 7.08. The van der Waals surface area contributed by atoms with Crippen LogP contribution in [0.1, 0.15) is 49.8 Å². The van der Waals surface area contributed by atoms with Crippen LogP contribution in [0.3, 0.4) is 0 Å². The summed E-state index contributed by atoms with van der Waals surface area (Å²) < 4.78 is 0. The SMILES string of the molecule is CN(Cc1ccc(CNC2CC2)cn1)C1CCCC1. The minimum absolute atomic E-state index is 0.771. The zero-order valence-corrected chi connectivity index (χ0v) is 11.9. The van der Waals surface area contributed by atoms with Gasteiger partial charge in [0.15, 0.2) is 0 Å². The molecule has 0 saturated heterocycles. The second-order valence-electron chi connectivity index (χ2n) is 6.17. The van der Waals surface area contributed by atoms with Gasteiger partial charge in [-0.2, -0.15) is 0 Å². The van der Waals surface area contributed by atoms with Crippen LogP contribution < -0.4 is 5.32 Å². The number of aromatic nitrogens is 1. The molecule has 104 valence electrons. The second-order valence-corrected chi connectivity index (χ2v) is 6.17. The standard InChI is InChI=1S/C16H25N3/c1-19(16-4-2-3-5-16)12-15-7-6-13(11-18-15)10-17-14-8-9-14/h6-7,11,14,16-17H,2-5,8-10,12H2,1H3. The van der Waals surface area contributed by atoms with E-state index in [0.29, 0.717) is 0 Å². The Morgan fingerprint density at radius 2 is 2.00 bits per heavy atom. The molecule has 0 spiro atoms. The van der Waals surface area contributed by atoms with E-state index in [1.807, 2.05) is 6.20 Å². The van der Waals surface area contributed by atoms with Crippen molar-refractivity contribution in [1.82, 2.24) is 15.2 Å². The third kappa shape index (κ3) is 3.77. The quantitative estimate of drug-likeness (QED) is 0.851. The first-order valence-corrected chi connectivity index (χ1v) is 7.69. The molecule has 2 saturated carbocycles. The van der Waals surface area contributed by atoms with Gasteiger partial charge in [-0.1, -0.05) is 18.9 Å². The fourth-order valence-electron chi connectivity index (χ4n) is 2.93. The van der Waals surface area contributed by atoms with Crippen LogP contribution in [0.25, 0.3) is 0 Å². The van der Waals surface area contributed by atoms with E-state index in [9.17, 15) is 0 Å². The number of hydrogen-bond donors (Lipinski definition) is 1. The summed E-state index contributed by atoms with van der Waals surface area (Å²) in [5.74, 6) is 0. The highest BCUT2D eigenvalue weighted by Crippen LogP contribution is 2.23. The highest BCUT2D eigenvalue weighted by molar-refractivity contribution is 5.14. The summed E-state index contributed by atoms with van der Waals surface area (Å²) in [5.41, 5.74) is 2.50. The van der Waals surface area contributed by atoms with Crippen molar-refractivity contribution in [3.05, 3.63) is 29.6 Å². The van der Waals surface area contributed by atoms with Crippen molar-refractivity contribution in [1.29, 1.82) is 0 Å². The van der Waals surface area contributed by atoms with E-state index < -0.39 is 0 Å². The normalized spacial score (nSPS) is 20.3. The Bertz CT molecular complexity index is 391. The van der Waals surface area contributed by atoms with Crippen LogP contribution in [-0.2, 0) is 13.1 Å². The molecule has 1 aromatic heterocycles. The molecule has 0 radical (unpaired) electrons. The highest BCUT2D eigenvalue weighted by atomic mass is 15.1. The maximum atomic E-state index is 4.61. The van der Waals surface area contributed by atoms with Crippen LogP contribution in [0.5, 0.6) is 0 Å². The molecule has 2 aliphatic rings. The molecule has 0 atom stereocenters. The third-order valence-electron chi connectivity index (χ3n) is 4.42. The van der Waals surface area contributed by atoms with Crippen LogP contribution in [0.2, 0.25) is 0 Å². The summed E-state index contributed by atoms with van der Waals surface area (Å²) in [7, 11) is 2.24. The fourth-order valence-corrected chi connectivity index (χ4v) is 2.93. The monoisotopic (exact) mass is 259 g/mol. The molecule has 2 fully saturated rings. The third-order valence-corrected chi connectivity index (χ3v) is 4.42. The first-order valence-electron chi connectivity index (χ1n) is 7.69. The molecule has 1 N–H and O–H groups in total. The molecule has 19 heavy (non-hydrogen) atoms. The van der Waals surface area contributed by atoms with Gasteiger partial charge >= 0.3 is 0 Å². The number of rotatable bonds is 6. The summed E-state index contributed by atoms with van der Waals surface area (Å²) in [6, 6.07) is 5.96. The minimum Gasteiger partial charge on any atom is -0.310 e. The molecule has 2 aliphatic carbocycles. The topological polar surface area (TPSA) is 28.2 Å². The highest BCUT2D eigenvalue weighted by Gasteiger charge is 2.20. The van der Waals surface area contributed by atoms with Gasteiger partial charge in [0.2, 0.25) is 0 Å². The van der Waals surface area contributed by atoms with E-state index in [2.05, 4.69) is 34.4 Å². The van der Waals surface area contributed by atoms with E-state index in [4.69, 9.17) is 0 Å². The molecule has 3 heteroatoms. The van der Waals surface area contributed by atoms with Gasteiger partial charge in [-0.15, -0.1) is 0 Å². The van der Waals surface area contributed by atoms with Crippen molar-refractivity contribution in [3.63, 3.8) is 0 Å². The van der Waals surface area contributed by atoms with E-state index in [1.54, 1.807) is 0 Å². The van der Waals surface area contributed by atoms with Gasteiger partial charge in [0.25, 0.3) is 0 Å². The first kappa shape index (κ1) is 13.1. The number of pyridine rings is 1. The van der Waals surface area contributed by atoms with Gasteiger partial charge in [-0.05, 0) is 44.4 Å². The van der Waals surface area contributed by atoms with Crippen LogP contribution >= 0.6 is 0 Å². The van der Waals surface area contributed by atoms with Gasteiger partial charge in [-0.3, -0.25) is 9.88 Å². The van der Waals surface area contributed by atoms with E-state index in [-0.39, 0.29) is 0 Å². The molecular weight excluding hydrogens is 234 g/mol. The molecule has 3 rings (SSSR count). The van der Waals surface area contributed by atoms with Gasteiger partial charge in [0.1, 0.15) is 0 Å².